The van der Waals surface area contributed by atoms with Gasteiger partial charge in [0.25, 0.3) is 5.88 Å². The normalized spacial score (nSPS) is 19.8. The highest BCUT2D eigenvalue weighted by Crippen LogP contribution is 2.36. The summed E-state index contributed by atoms with van der Waals surface area (Å²) in [5.41, 5.74) is 1.02. The van der Waals surface area contributed by atoms with Crippen LogP contribution < -0.4 is 4.74 Å². The van der Waals surface area contributed by atoms with Crippen molar-refractivity contribution in [1.29, 1.82) is 0 Å². The van der Waals surface area contributed by atoms with Crippen LogP contribution in [-0.2, 0) is 0 Å². The van der Waals surface area contributed by atoms with Crippen molar-refractivity contribution in [3.63, 3.8) is 0 Å². The average Bonchev–Trinajstić information content (AvgIpc) is 3.06. The van der Waals surface area contributed by atoms with E-state index >= 15 is 0 Å². The van der Waals surface area contributed by atoms with Gasteiger partial charge in [-0.05, 0) is 69.0 Å². The predicted octanol–water partition coefficient (Wildman–Crippen LogP) is 4.43. The third-order valence-corrected chi connectivity index (χ3v) is 5.26. The van der Waals surface area contributed by atoms with E-state index in [1.165, 1.54) is 0 Å². The number of benzene rings is 1. The second-order valence-corrected chi connectivity index (χ2v) is 7.27. The Morgan fingerprint density at radius 2 is 1.81 bits per heavy atom. The van der Waals surface area contributed by atoms with E-state index in [0.29, 0.717) is 16.8 Å². The summed E-state index contributed by atoms with van der Waals surface area (Å²) in [6.07, 6.45) is 5.34. The lowest BCUT2D eigenvalue weighted by atomic mass is 9.86. The molecule has 27 heavy (non-hydrogen) atoms. The van der Waals surface area contributed by atoms with Gasteiger partial charge in [0.2, 0.25) is 0 Å². The summed E-state index contributed by atoms with van der Waals surface area (Å²) in [5, 5.41) is 19.3. The van der Waals surface area contributed by atoms with Crippen LogP contribution in [0.15, 0.2) is 42.6 Å². The van der Waals surface area contributed by atoms with Crippen molar-refractivity contribution in [3.05, 3.63) is 59.3 Å². The van der Waals surface area contributed by atoms with E-state index < -0.39 is 0 Å². The molecule has 0 spiro atoms. The fraction of sp³-hybridized carbons (Fsp3) is 0.350. The van der Waals surface area contributed by atoms with Crippen molar-refractivity contribution in [1.82, 2.24) is 19.7 Å². The molecule has 6 nitrogen and oxygen atoms in total. The molecule has 1 saturated carbocycles. The SMILES string of the molecule is Cc1nnc(C2CCC(Oc3ncccc3O)CC2)n1-c1ccc(Cl)cc1. The Morgan fingerprint density at radius 3 is 2.52 bits per heavy atom. The van der Waals surface area contributed by atoms with Crippen LogP contribution in [0.5, 0.6) is 11.6 Å². The van der Waals surface area contributed by atoms with Gasteiger partial charge in [-0.25, -0.2) is 4.98 Å². The summed E-state index contributed by atoms with van der Waals surface area (Å²) in [5.74, 6) is 2.55. The first-order chi connectivity index (χ1) is 13.1. The molecule has 1 fully saturated rings. The van der Waals surface area contributed by atoms with Crippen LogP contribution in [0.2, 0.25) is 5.02 Å². The Labute approximate surface area is 162 Å². The monoisotopic (exact) mass is 384 g/mol. The zero-order chi connectivity index (χ0) is 18.8. The van der Waals surface area contributed by atoms with Crippen LogP contribution in [-0.4, -0.2) is 31.0 Å². The third-order valence-electron chi connectivity index (χ3n) is 5.00. The smallest absolute Gasteiger partial charge is 0.257 e. The number of hydrogen-bond acceptors (Lipinski definition) is 5. The number of hydrogen-bond donors (Lipinski definition) is 1. The van der Waals surface area contributed by atoms with E-state index in [1.54, 1.807) is 18.3 Å². The summed E-state index contributed by atoms with van der Waals surface area (Å²) < 4.78 is 7.99. The highest BCUT2D eigenvalue weighted by Gasteiger charge is 2.28. The van der Waals surface area contributed by atoms with Gasteiger partial charge in [0.1, 0.15) is 17.8 Å². The van der Waals surface area contributed by atoms with Crippen molar-refractivity contribution >= 4 is 11.6 Å². The number of nitrogens with zero attached hydrogens (tertiary/aromatic N) is 4. The lowest BCUT2D eigenvalue weighted by molar-refractivity contribution is 0.134. The molecule has 0 radical (unpaired) electrons. The second kappa shape index (κ2) is 7.56. The Bertz CT molecular complexity index is 918. The van der Waals surface area contributed by atoms with E-state index in [-0.39, 0.29) is 11.9 Å². The van der Waals surface area contributed by atoms with Gasteiger partial charge in [0.15, 0.2) is 5.75 Å². The minimum absolute atomic E-state index is 0.0510. The fourth-order valence-corrected chi connectivity index (χ4v) is 3.75. The quantitative estimate of drug-likeness (QED) is 0.720. The highest BCUT2D eigenvalue weighted by molar-refractivity contribution is 6.30. The predicted molar refractivity (Wildman–Crippen MR) is 103 cm³/mol. The second-order valence-electron chi connectivity index (χ2n) is 6.84. The van der Waals surface area contributed by atoms with Crippen molar-refractivity contribution in [2.45, 2.75) is 44.6 Å². The van der Waals surface area contributed by atoms with Crippen molar-refractivity contribution in [2.75, 3.05) is 0 Å². The Hall–Kier alpha value is -2.60. The molecular weight excluding hydrogens is 364 g/mol. The number of rotatable bonds is 4. The number of aromatic nitrogens is 4. The molecule has 140 valence electrons. The molecule has 0 unspecified atom stereocenters. The van der Waals surface area contributed by atoms with Gasteiger partial charge in [-0.15, -0.1) is 10.2 Å². The maximum absolute atomic E-state index is 9.84. The molecule has 1 aliphatic rings. The number of halogens is 1. The molecule has 1 aromatic carbocycles. The molecule has 1 N–H and O–H groups in total. The fourth-order valence-electron chi connectivity index (χ4n) is 3.62. The molecule has 1 aliphatic carbocycles. The van der Waals surface area contributed by atoms with Gasteiger partial charge in [0, 0.05) is 22.8 Å². The van der Waals surface area contributed by atoms with Gasteiger partial charge in [-0.1, -0.05) is 11.6 Å². The number of aryl methyl sites for hydroxylation is 1. The molecule has 0 bridgehead atoms. The molecule has 0 amide bonds. The summed E-state index contributed by atoms with van der Waals surface area (Å²) >= 11 is 6.02. The third kappa shape index (κ3) is 3.76. The zero-order valence-electron chi connectivity index (χ0n) is 15.0. The summed E-state index contributed by atoms with van der Waals surface area (Å²) in [4.78, 5) is 4.10. The van der Waals surface area contributed by atoms with Crippen LogP contribution in [0.4, 0.5) is 0 Å². The molecule has 3 aromatic rings. The summed E-state index contributed by atoms with van der Waals surface area (Å²) in [7, 11) is 0. The number of pyridine rings is 1. The topological polar surface area (TPSA) is 73.1 Å². The van der Waals surface area contributed by atoms with Gasteiger partial charge in [-0.3, -0.25) is 4.57 Å². The number of ether oxygens (including phenoxy) is 1. The van der Waals surface area contributed by atoms with E-state index in [2.05, 4.69) is 19.7 Å². The first-order valence-electron chi connectivity index (χ1n) is 9.10. The summed E-state index contributed by atoms with van der Waals surface area (Å²) in [6.45, 7) is 1.96. The molecule has 4 rings (SSSR count). The lowest BCUT2D eigenvalue weighted by Crippen LogP contribution is -2.25. The number of aromatic hydroxyl groups is 1. The zero-order valence-corrected chi connectivity index (χ0v) is 15.8. The van der Waals surface area contributed by atoms with Gasteiger partial charge < -0.3 is 9.84 Å². The highest BCUT2D eigenvalue weighted by atomic mass is 35.5. The van der Waals surface area contributed by atoms with Crippen molar-refractivity contribution < 1.29 is 9.84 Å². The minimum Gasteiger partial charge on any atom is -0.503 e. The van der Waals surface area contributed by atoms with E-state index in [1.807, 2.05) is 31.2 Å². The molecule has 7 heteroatoms. The average molecular weight is 385 g/mol. The van der Waals surface area contributed by atoms with E-state index in [0.717, 1.165) is 43.0 Å². The van der Waals surface area contributed by atoms with Crippen LogP contribution in [0.25, 0.3) is 5.69 Å². The van der Waals surface area contributed by atoms with Crippen LogP contribution in [0, 0.1) is 6.92 Å². The molecular formula is C20H21ClN4O2. The minimum atomic E-state index is 0.0510. The van der Waals surface area contributed by atoms with Crippen molar-refractivity contribution in [3.8, 4) is 17.3 Å². The van der Waals surface area contributed by atoms with Crippen LogP contribution in [0.3, 0.4) is 0 Å². The summed E-state index contributed by atoms with van der Waals surface area (Å²) in [6, 6.07) is 11.0. The van der Waals surface area contributed by atoms with Gasteiger partial charge in [-0.2, -0.15) is 0 Å². The van der Waals surface area contributed by atoms with Crippen LogP contribution >= 0.6 is 11.6 Å². The molecule has 0 atom stereocenters. The van der Waals surface area contributed by atoms with Gasteiger partial charge in [0.05, 0.1) is 0 Å². The first kappa shape index (κ1) is 17.8. The largest absolute Gasteiger partial charge is 0.503 e. The Kier molecular flexibility index (Phi) is 4.99. The van der Waals surface area contributed by atoms with Gasteiger partial charge >= 0.3 is 0 Å². The van der Waals surface area contributed by atoms with E-state index in [4.69, 9.17) is 16.3 Å². The van der Waals surface area contributed by atoms with Crippen molar-refractivity contribution in [2.24, 2.45) is 0 Å². The van der Waals surface area contributed by atoms with E-state index in [9.17, 15) is 5.11 Å². The molecule has 0 aliphatic heterocycles. The molecule has 2 heterocycles. The maximum atomic E-state index is 9.84. The lowest BCUT2D eigenvalue weighted by Gasteiger charge is -2.28. The molecule has 0 saturated heterocycles. The molecule has 2 aromatic heterocycles. The van der Waals surface area contributed by atoms with Crippen LogP contribution in [0.1, 0.15) is 43.3 Å². The standard InChI is InChI=1S/C20H21ClN4O2/c1-13-23-24-19(25(13)16-8-6-15(21)7-9-16)14-4-10-17(11-5-14)27-20-18(26)3-2-12-22-20/h2-3,6-9,12,14,17,26H,4-5,10-11H2,1H3. The Morgan fingerprint density at radius 1 is 1.07 bits per heavy atom. The first-order valence-corrected chi connectivity index (χ1v) is 9.48. The maximum Gasteiger partial charge on any atom is 0.257 e. The Balaban J connectivity index is 1.47.